The summed E-state index contributed by atoms with van der Waals surface area (Å²) in [7, 11) is 0. The normalized spacial score (nSPS) is 21.9. The number of aryl methyl sites for hydroxylation is 3. The van der Waals surface area contributed by atoms with Gasteiger partial charge in [-0.15, -0.1) is 0 Å². The number of hydrogen-bond acceptors (Lipinski definition) is 3. The van der Waals surface area contributed by atoms with Crippen LogP contribution in [0.1, 0.15) is 49.1 Å². The first-order chi connectivity index (χ1) is 9.92. The fourth-order valence-electron chi connectivity index (χ4n) is 3.20. The van der Waals surface area contributed by atoms with Gasteiger partial charge in [0.05, 0.1) is 6.10 Å². The molecule has 0 radical (unpaired) electrons. The van der Waals surface area contributed by atoms with Gasteiger partial charge in [-0.2, -0.15) is 0 Å². The van der Waals surface area contributed by atoms with Gasteiger partial charge >= 0.3 is 0 Å². The van der Waals surface area contributed by atoms with Crippen molar-refractivity contribution in [1.29, 1.82) is 0 Å². The van der Waals surface area contributed by atoms with Crippen LogP contribution < -0.4 is 5.32 Å². The Morgan fingerprint density at radius 2 is 2.15 bits per heavy atom. The first kappa shape index (κ1) is 14.0. The molecule has 110 valence electrons. The number of aromatic nitrogens is 1. The molecule has 1 fully saturated rings. The highest BCUT2D eigenvalue weighted by atomic mass is 16.5. The first-order valence-corrected chi connectivity index (χ1v) is 8.22. The molecule has 0 bridgehead atoms. The lowest BCUT2D eigenvalue weighted by molar-refractivity contribution is 0.0645. The molecule has 2 heterocycles. The largest absolute Gasteiger partial charge is 0.377 e. The van der Waals surface area contributed by atoms with Crippen molar-refractivity contribution < 1.29 is 4.74 Å². The smallest absolute Gasteiger partial charge is 0.0711 e. The lowest BCUT2D eigenvalue weighted by Crippen LogP contribution is -2.17. The predicted molar refractivity (Wildman–Crippen MR) is 81.0 cm³/mol. The summed E-state index contributed by atoms with van der Waals surface area (Å²) >= 11 is 0. The fourth-order valence-corrected chi connectivity index (χ4v) is 3.20. The summed E-state index contributed by atoms with van der Waals surface area (Å²) in [6.07, 6.45) is 10.1. The average molecular weight is 274 g/mol. The quantitative estimate of drug-likeness (QED) is 0.810. The summed E-state index contributed by atoms with van der Waals surface area (Å²) in [6.45, 7) is 3.05. The van der Waals surface area contributed by atoms with E-state index in [1.807, 2.05) is 0 Å². The van der Waals surface area contributed by atoms with Gasteiger partial charge in [0.2, 0.25) is 0 Å². The minimum Gasteiger partial charge on any atom is -0.377 e. The minimum absolute atomic E-state index is 0.455. The van der Waals surface area contributed by atoms with Crippen LogP contribution >= 0.6 is 0 Å². The van der Waals surface area contributed by atoms with E-state index >= 15 is 0 Å². The van der Waals surface area contributed by atoms with Gasteiger partial charge in [-0.3, -0.25) is 4.98 Å². The number of hydrogen-bond donors (Lipinski definition) is 1. The molecule has 20 heavy (non-hydrogen) atoms. The van der Waals surface area contributed by atoms with Crippen LogP contribution in [-0.4, -0.2) is 30.8 Å². The maximum absolute atomic E-state index is 5.85. The number of nitrogens with one attached hydrogen (secondary N) is 1. The Morgan fingerprint density at radius 1 is 1.20 bits per heavy atom. The van der Waals surface area contributed by atoms with Crippen LogP contribution in [0.4, 0.5) is 0 Å². The van der Waals surface area contributed by atoms with E-state index in [1.54, 1.807) is 0 Å². The maximum atomic E-state index is 5.85. The van der Waals surface area contributed by atoms with Crippen molar-refractivity contribution in [2.45, 2.75) is 57.5 Å². The number of rotatable bonds is 6. The standard InChI is InChI=1S/C17H26N2O/c1-2-7-17-14(5-1)8-9-15(19-17)6-3-4-12-20-16-10-11-18-13-16/h8-9,16,18H,1-7,10-13H2. The van der Waals surface area contributed by atoms with Crippen LogP contribution in [0.25, 0.3) is 0 Å². The van der Waals surface area contributed by atoms with Crippen molar-refractivity contribution in [3.63, 3.8) is 0 Å². The summed E-state index contributed by atoms with van der Waals surface area (Å²) in [4.78, 5) is 4.84. The molecule has 1 aromatic rings. The van der Waals surface area contributed by atoms with Crippen molar-refractivity contribution in [2.24, 2.45) is 0 Å². The predicted octanol–water partition coefficient (Wildman–Crippen LogP) is 2.66. The van der Waals surface area contributed by atoms with Crippen LogP contribution in [0.15, 0.2) is 12.1 Å². The van der Waals surface area contributed by atoms with E-state index in [0.717, 1.165) is 32.5 Å². The highest BCUT2D eigenvalue weighted by molar-refractivity contribution is 5.25. The summed E-state index contributed by atoms with van der Waals surface area (Å²) < 4.78 is 5.85. The molecule has 0 spiro atoms. The van der Waals surface area contributed by atoms with E-state index in [9.17, 15) is 0 Å². The third-order valence-electron chi connectivity index (χ3n) is 4.43. The van der Waals surface area contributed by atoms with Gasteiger partial charge in [-0.05, 0) is 69.5 Å². The number of pyridine rings is 1. The lowest BCUT2D eigenvalue weighted by Gasteiger charge is -2.15. The SMILES string of the molecule is c1cc2c(nc1CCCCOC1CCNC1)CCCC2. The average Bonchev–Trinajstić information content (AvgIpc) is 3.00. The van der Waals surface area contributed by atoms with Crippen LogP contribution in [0.3, 0.4) is 0 Å². The molecule has 1 saturated heterocycles. The van der Waals surface area contributed by atoms with E-state index in [0.29, 0.717) is 6.10 Å². The zero-order valence-corrected chi connectivity index (χ0v) is 12.4. The van der Waals surface area contributed by atoms with Gasteiger partial charge in [-0.25, -0.2) is 0 Å². The monoisotopic (exact) mass is 274 g/mol. The molecular weight excluding hydrogens is 248 g/mol. The fraction of sp³-hybridized carbons (Fsp3) is 0.706. The summed E-state index contributed by atoms with van der Waals surface area (Å²) in [5.41, 5.74) is 4.12. The molecule has 1 aliphatic carbocycles. The molecule has 0 saturated carbocycles. The highest BCUT2D eigenvalue weighted by Gasteiger charge is 2.14. The molecule has 2 aliphatic rings. The highest BCUT2D eigenvalue weighted by Crippen LogP contribution is 2.20. The molecule has 1 aliphatic heterocycles. The summed E-state index contributed by atoms with van der Waals surface area (Å²) in [6, 6.07) is 4.53. The van der Waals surface area contributed by atoms with E-state index in [4.69, 9.17) is 9.72 Å². The van der Waals surface area contributed by atoms with E-state index < -0.39 is 0 Å². The van der Waals surface area contributed by atoms with Crippen LogP contribution in [0, 0.1) is 0 Å². The molecule has 3 heteroatoms. The van der Waals surface area contributed by atoms with E-state index in [2.05, 4.69) is 17.4 Å². The molecule has 1 N–H and O–H groups in total. The van der Waals surface area contributed by atoms with Gasteiger partial charge in [0.25, 0.3) is 0 Å². The summed E-state index contributed by atoms with van der Waals surface area (Å²) in [5.74, 6) is 0. The van der Waals surface area contributed by atoms with Gasteiger partial charge in [0, 0.05) is 24.5 Å². The Balaban J connectivity index is 1.37. The van der Waals surface area contributed by atoms with Gasteiger partial charge in [0.1, 0.15) is 0 Å². The second-order valence-electron chi connectivity index (χ2n) is 6.06. The Kier molecular flexibility index (Phi) is 5.04. The lowest BCUT2D eigenvalue weighted by atomic mass is 9.95. The first-order valence-electron chi connectivity index (χ1n) is 8.22. The Morgan fingerprint density at radius 3 is 3.05 bits per heavy atom. The minimum atomic E-state index is 0.455. The van der Waals surface area contributed by atoms with Gasteiger partial charge in [0.15, 0.2) is 0 Å². The molecule has 1 atom stereocenters. The topological polar surface area (TPSA) is 34.1 Å². The Bertz CT molecular complexity index is 427. The molecule has 0 amide bonds. The Labute approximate surface area is 122 Å². The zero-order chi connectivity index (χ0) is 13.6. The number of fused-ring (bicyclic) bond motifs is 1. The van der Waals surface area contributed by atoms with Crippen LogP contribution in [-0.2, 0) is 24.0 Å². The van der Waals surface area contributed by atoms with Gasteiger partial charge in [-0.1, -0.05) is 6.07 Å². The third kappa shape index (κ3) is 3.80. The number of unbranched alkanes of at least 4 members (excludes halogenated alkanes) is 1. The summed E-state index contributed by atoms with van der Waals surface area (Å²) in [5, 5.41) is 3.33. The zero-order valence-electron chi connectivity index (χ0n) is 12.4. The third-order valence-corrected chi connectivity index (χ3v) is 4.43. The van der Waals surface area contributed by atoms with Crippen LogP contribution in [0.2, 0.25) is 0 Å². The van der Waals surface area contributed by atoms with Crippen molar-refractivity contribution in [1.82, 2.24) is 10.3 Å². The van der Waals surface area contributed by atoms with Crippen molar-refractivity contribution in [2.75, 3.05) is 19.7 Å². The van der Waals surface area contributed by atoms with Crippen molar-refractivity contribution in [3.8, 4) is 0 Å². The molecular formula is C17H26N2O. The number of nitrogens with zero attached hydrogens (tertiary/aromatic N) is 1. The molecule has 1 aromatic heterocycles. The van der Waals surface area contributed by atoms with Crippen molar-refractivity contribution >= 4 is 0 Å². The number of ether oxygens (including phenoxy) is 1. The van der Waals surface area contributed by atoms with E-state index in [-0.39, 0.29) is 0 Å². The maximum Gasteiger partial charge on any atom is 0.0711 e. The van der Waals surface area contributed by atoms with E-state index in [1.165, 1.54) is 55.5 Å². The van der Waals surface area contributed by atoms with Crippen molar-refractivity contribution in [3.05, 3.63) is 29.1 Å². The molecule has 3 nitrogen and oxygen atoms in total. The second kappa shape index (κ2) is 7.19. The molecule has 0 aromatic carbocycles. The molecule has 1 unspecified atom stereocenters. The second-order valence-corrected chi connectivity index (χ2v) is 6.06. The Hall–Kier alpha value is -0.930. The van der Waals surface area contributed by atoms with Gasteiger partial charge < -0.3 is 10.1 Å². The van der Waals surface area contributed by atoms with Crippen LogP contribution in [0.5, 0.6) is 0 Å². The molecule has 3 rings (SSSR count).